The molecule has 0 aromatic heterocycles. The van der Waals surface area contributed by atoms with Crippen molar-refractivity contribution in [3.8, 4) is 6.07 Å². The van der Waals surface area contributed by atoms with E-state index in [4.69, 9.17) is 0 Å². The van der Waals surface area contributed by atoms with Gasteiger partial charge in [-0.25, -0.2) is 5.01 Å². The highest BCUT2D eigenvalue weighted by atomic mass is 16.1. The summed E-state index contributed by atoms with van der Waals surface area (Å²) in [5.74, 6) is 0.654. The lowest BCUT2D eigenvalue weighted by Gasteiger charge is -2.42. The molecule has 0 spiro atoms. The molecule has 4 heteroatoms. The van der Waals surface area contributed by atoms with Crippen molar-refractivity contribution >= 4 is 6.41 Å². The molecule has 4 bridgehead atoms. The van der Waals surface area contributed by atoms with Gasteiger partial charge < -0.3 is 0 Å². The van der Waals surface area contributed by atoms with E-state index in [1.54, 1.807) is 0 Å². The quantitative estimate of drug-likeness (QED) is 0.706. The van der Waals surface area contributed by atoms with Gasteiger partial charge in [0.1, 0.15) is 5.54 Å². The Bertz CT molecular complexity index is 404. The normalized spacial score (nSPS) is 53.9. The fourth-order valence-electron chi connectivity index (χ4n) is 4.73. The summed E-state index contributed by atoms with van der Waals surface area (Å²) in [6.07, 6.45) is 3.96. The van der Waals surface area contributed by atoms with Crippen molar-refractivity contribution in [2.75, 3.05) is 6.54 Å². The van der Waals surface area contributed by atoms with Crippen molar-refractivity contribution < 1.29 is 4.79 Å². The van der Waals surface area contributed by atoms with Crippen LogP contribution >= 0.6 is 0 Å². The van der Waals surface area contributed by atoms with Crippen LogP contribution in [0.1, 0.15) is 33.1 Å². The third kappa shape index (κ3) is 0.708. The van der Waals surface area contributed by atoms with Crippen LogP contribution in [0.4, 0.5) is 0 Å². The molecule has 1 N–H and O–H groups in total. The molecule has 1 saturated heterocycles. The van der Waals surface area contributed by atoms with Gasteiger partial charge in [0.2, 0.25) is 6.41 Å². The lowest BCUT2D eigenvalue weighted by Crippen LogP contribution is -2.57. The van der Waals surface area contributed by atoms with Crippen LogP contribution in [0.5, 0.6) is 0 Å². The molecule has 0 unspecified atom stereocenters. The number of nitrogens with one attached hydrogen (secondary N) is 1. The highest BCUT2D eigenvalue weighted by Gasteiger charge is 2.78. The van der Waals surface area contributed by atoms with Crippen LogP contribution in [-0.2, 0) is 4.79 Å². The summed E-state index contributed by atoms with van der Waals surface area (Å²) >= 11 is 0. The van der Waals surface area contributed by atoms with Crippen molar-refractivity contribution in [1.29, 1.82) is 5.26 Å². The number of rotatable bonds is 2. The SMILES string of the molecule is C[C@]12CC[C@@H]3C[C@@]1(C#N)N(NC=O)C[C@@]32C. The topological polar surface area (TPSA) is 56.1 Å². The first-order valence-electron chi connectivity index (χ1n) is 5.93. The monoisotopic (exact) mass is 219 g/mol. The van der Waals surface area contributed by atoms with E-state index in [0.29, 0.717) is 12.3 Å². The van der Waals surface area contributed by atoms with Gasteiger partial charge in [0.25, 0.3) is 0 Å². The molecule has 16 heavy (non-hydrogen) atoms. The van der Waals surface area contributed by atoms with Gasteiger partial charge in [0.15, 0.2) is 0 Å². The van der Waals surface area contributed by atoms with E-state index in [1.807, 2.05) is 5.01 Å². The Morgan fingerprint density at radius 2 is 2.31 bits per heavy atom. The number of nitrogens with zero attached hydrogens (tertiary/aromatic N) is 2. The van der Waals surface area contributed by atoms with Gasteiger partial charge in [-0.1, -0.05) is 13.8 Å². The minimum Gasteiger partial charge on any atom is -0.290 e. The molecular formula is C12H17N3O. The molecule has 3 aliphatic rings. The van der Waals surface area contributed by atoms with Gasteiger partial charge in [-0.2, -0.15) is 5.26 Å². The second-order valence-corrected chi connectivity index (χ2v) is 5.99. The smallest absolute Gasteiger partial charge is 0.221 e. The van der Waals surface area contributed by atoms with Gasteiger partial charge in [-0.3, -0.25) is 10.2 Å². The van der Waals surface area contributed by atoms with E-state index in [-0.39, 0.29) is 10.8 Å². The summed E-state index contributed by atoms with van der Waals surface area (Å²) in [7, 11) is 0. The van der Waals surface area contributed by atoms with Crippen LogP contribution in [0.2, 0.25) is 0 Å². The molecular weight excluding hydrogens is 202 g/mol. The lowest BCUT2D eigenvalue weighted by atomic mass is 9.66. The summed E-state index contributed by atoms with van der Waals surface area (Å²) in [6, 6.07) is 2.51. The van der Waals surface area contributed by atoms with Gasteiger partial charge in [-0.05, 0) is 30.6 Å². The Morgan fingerprint density at radius 1 is 1.56 bits per heavy atom. The van der Waals surface area contributed by atoms with Crippen molar-refractivity contribution in [2.45, 2.75) is 38.6 Å². The van der Waals surface area contributed by atoms with Crippen LogP contribution in [0.15, 0.2) is 0 Å². The van der Waals surface area contributed by atoms with Crippen LogP contribution < -0.4 is 5.43 Å². The van der Waals surface area contributed by atoms with Gasteiger partial charge in [0, 0.05) is 12.0 Å². The summed E-state index contributed by atoms with van der Waals surface area (Å²) in [6.45, 7) is 5.34. The van der Waals surface area contributed by atoms with Crippen LogP contribution in [0.3, 0.4) is 0 Å². The predicted molar refractivity (Wildman–Crippen MR) is 57.8 cm³/mol. The number of hydrogen-bond donors (Lipinski definition) is 1. The van der Waals surface area contributed by atoms with Crippen LogP contribution in [-0.4, -0.2) is 23.5 Å². The average Bonchev–Trinajstić information content (AvgIpc) is 2.69. The molecule has 3 fully saturated rings. The number of carbonyl (C=O) groups excluding carboxylic acids is 1. The molecule has 3 rings (SSSR count). The molecule has 86 valence electrons. The van der Waals surface area contributed by atoms with E-state index in [0.717, 1.165) is 19.4 Å². The van der Waals surface area contributed by atoms with Gasteiger partial charge >= 0.3 is 0 Å². The second kappa shape index (κ2) is 2.60. The maximum absolute atomic E-state index is 10.6. The van der Waals surface area contributed by atoms with E-state index in [1.165, 1.54) is 6.42 Å². The van der Waals surface area contributed by atoms with Crippen molar-refractivity contribution in [3.05, 3.63) is 0 Å². The lowest BCUT2D eigenvalue weighted by molar-refractivity contribution is -0.116. The first kappa shape index (κ1) is 10.1. The maximum Gasteiger partial charge on any atom is 0.221 e. The first-order valence-corrected chi connectivity index (χ1v) is 5.93. The van der Waals surface area contributed by atoms with Crippen LogP contribution in [0, 0.1) is 28.1 Å². The third-order valence-corrected chi connectivity index (χ3v) is 5.95. The Labute approximate surface area is 95.6 Å². The van der Waals surface area contributed by atoms with Gasteiger partial charge in [-0.15, -0.1) is 0 Å². The molecule has 0 radical (unpaired) electrons. The predicted octanol–water partition coefficient (Wildman–Crippen LogP) is 1.05. The summed E-state index contributed by atoms with van der Waals surface area (Å²) in [5.41, 5.74) is 2.50. The molecule has 4 atom stereocenters. The summed E-state index contributed by atoms with van der Waals surface area (Å²) < 4.78 is 0. The fraction of sp³-hybridized carbons (Fsp3) is 0.833. The minimum absolute atomic E-state index is 0.0371. The average molecular weight is 219 g/mol. The molecule has 0 aromatic carbocycles. The van der Waals surface area contributed by atoms with Crippen LogP contribution in [0.25, 0.3) is 0 Å². The number of carbonyl (C=O) groups is 1. The maximum atomic E-state index is 10.6. The Morgan fingerprint density at radius 3 is 2.88 bits per heavy atom. The zero-order valence-electron chi connectivity index (χ0n) is 9.79. The number of amides is 1. The molecule has 0 aromatic rings. The van der Waals surface area contributed by atoms with Crippen molar-refractivity contribution in [3.63, 3.8) is 0 Å². The first-order chi connectivity index (χ1) is 7.54. The number of nitriles is 1. The summed E-state index contributed by atoms with van der Waals surface area (Å²) in [4.78, 5) is 10.6. The summed E-state index contributed by atoms with van der Waals surface area (Å²) in [5, 5.41) is 11.5. The van der Waals surface area contributed by atoms with Crippen molar-refractivity contribution in [1.82, 2.24) is 10.4 Å². The molecule has 1 aliphatic heterocycles. The number of hydrazine groups is 1. The Hall–Kier alpha value is -1.08. The second-order valence-electron chi connectivity index (χ2n) is 5.99. The zero-order chi connectivity index (χ0) is 11.6. The fourth-order valence-corrected chi connectivity index (χ4v) is 4.73. The molecule has 1 heterocycles. The highest BCUT2D eigenvalue weighted by Crippen LogP contribution is 2.75. The number of piperidine rings is 1. The van der Waals surface area contributed by atoms with Gasteiger partial charge in [0.05, 0.1) is 6.07 Å². The van der Waals surface area contributed by atoms with E-state index < -0.39 is 5.54 Å². The minimum atomic E-state index is -0.467. The Kier molecular flexibility index (Phi) is 1.64. The highest BCUT2D eigenvalue weighted by molar-refractivity contribution is 5.47. The van der Waals surface area contributed by atoms with E-state index >= 15 is 0 Å². The standard InChI is InChI=1S/C12H17N3O/c1-10-7-15(14-8-16)12(6-13)5-9(10)3-4-11(10,12)2/h8-9H,3-5,7H2,1-2H3,(H,14,16)/t9-,10+,11-,12+/m1/s1. The molecule has 4 nitrogen and oxygen atoms in total. The molecule has 1 amide bonds. The molecule has 2 saturated carbocycles. The third-order valence-electron chi connectivity index (χ3n) is 5.95. The van der Waals surface area contributed by atoms with Crippen molar-refractivity contribution in [2.24, 2.45) is 16.7 Å². The largest absolute Gasteiger partial charge is 0.290 e. The Balaban J connectivity index is 2.12. The molecule has 2 aliphatic carbocycles. The van der Waals surface area contributed by atoms with E-state index in [9.17, 15) is 10.1 Å². The zero-order valence-corrected chi connectivity index (χ0v) is 9.79. The van der Waals surface area contributed by atoms with E-state index in [2.05, 4.69) is 25.3 Å². The number of hydrogen-bond acceptors (Lipinski definition) is 3.